The molecule has 1 unspecified atom stereocenters. The number of nitrogens with one attached hydrogen (secondary N) is 1. The molecule has 2 saturated heterocycles. The summed E-state index contributed by atoms with van der Waals surface area (Å²) >= 11 is 1.50. The molecule has 144 valence electrons. The van der Waals surface area contributed by atoms with Crippen LogP contribution in [0.1, 0.15) is 30.7 Å². The zero-order chi connectivity index (χ0) is 19.3. The predicted octanol–water partition coefficient (Wildman–Crippen LogP) is 2.94. The lowest BCUT2D eigenvalue weighted by atomic mass is 9.99. The highest BCUT2D eigenvalue weighted by atomic mass is 32.1. The molecule has 2 fully saturated rings. The fraction of sp³-hybridized carbons (Fsp3) is 0.421. The second kappa shape index (κ2) is 6.75. The van der Waals surface area contributed by atoms with Gasteiger partial charge in [-0.3, -0.25) is 5.32 Å². The van der Waals surface area contributed by atoms with Crippen LogP contribution in [0.3, 0.4) is 0 Å². The maximum absolute atomic E-state index is 12.9. The van der Waals surface area contributed by atoms with Crippen LogP contribution in [0.15, 0.2) is 24.4 Å². The Hall–Kier alpha value is -2.65. The molecule has 2 aliphatic heterocycles. The molecule has 2 amide bonds. The molecular formula is C19H21N7OS. The molecule has 3 aromatic heterocycles. The number of hydrogen-bond donors (Lipinski definition) is 2. The third-order valence-corrected chi connectivity index (χ3v) is 6.42. The van der Waals surface area contributed by atoms with E-state index < -0.39 is 0 Å². The number of aromatic nitrogens is 4. The molecule has 9 heteroatoms. The van der Waals surface area contributed by atoms with Crippen LogP contribution in [0.5, 0.6) is 0 Å². The Bertz CT molecular complexity index is 1040. The fourth-order valence-corrected chi connectivity index (χ4v) is 4.99. The topological polar surface area (TPSA) is 110 Å². The molecule has 3 aromatic rings. The minimum absolute atomic E-state index is 0.0952. The molecule has 5 rings (SSSR count). The first-order valence-corrected chi connectivity index (χ1v) is 10.3. The van der Waals surface area contributed by atoms with E-state index in [9.17, 15) is 4.79 Å². The molecule has 0 aromatic carbocycles. The Kier molecular flexibility index (Phi) is 4.21. The maximum atomic E-state index is 12.9. The Labute approximate surface area is 166 Å². The van der Waals surface area contributed by atoms with Crippen LogP contribution in [0, 0.1) is 6.92 Å². The molecule has 3 N–H and O–H groups in total. The minimum Gasteiger partial charge on any atom is -0.328 e. The van der Waals surface area contributed by atoms with Crippen LogP contribution in [-0.2, 0) is 0 Å². The number of hydrogen-bond acceptors (Lipinski definition) is 7. The summed E-state index contributed by atoms with van der Waals surface area (Å²) in [6.45, 7) is 1.92. The number of aryl methyl sites for hydroxylation is 1. The summed E-state index contributed by atoms with van der Waals surface area (Å²) in [5.41, 5.74) is 7.64. The highest BCUT2D eigenvalue weighted by Gasteiger charge is 2.42. The molecule has 0 radical (unpaired) electrons. The zero-order valence-corrected chi connectivity index (χ0v) is 16.3. The lowest BCUT2D eigenvalue weighted by Crippen LogP contribution is -2.51. The van der Waals surface area contributed by atoms with Gasteiger partial charge in [-0.25, -0.2) is 14.8 Å². The van der Waals surface area contributed by atoms with Gasteiger partial charge in [-0.1, -0.05) is 11.3 Å². The average molecular weight is 395 g/mol. The van der Waals surface area contributed by atoms with E-state index in [4.69, 9.17) is 5.73 Å². The fourth-order valence-electron chi connectivity index (χ4n) is 4.33. The number of pyridine rings is 2. The van der Waals surface area contributed by atoms with Gasteiger partial charge in [0, 0.05) is 35.8 Å². The molecule has 3 atom stereocenters. The van der Waals surface area contributed by atoms with Crippen LogP contribution in [0.25, 0.3) is 21.6 Å². The van der Waals surface area contributed by atoms with E-state index in [2.05, 4.69) is 25.5 Å². The van der Waals surface area contributed by atoms with E-state index in [1.54, 1.807) is 6.20 Å². The summed E-state index contributed by atoms with van der Waals surface area (Å²) in [6, 6.07) is 6.26. The summed E-state index contributed by atoms with van der Waals surface area (Å²) in [4.78, 5) is 23.9. The van der Waals surface area contributed by atoms with Crippen LogP contribution in [0.4, 0.5) is 10.6 Å². The second-order valence-corrected chi connectivity index (χ2v) is 8.72. The summed E-state index contributed by atoms with van der Waals surface area (Å²) in [5, 5.41) is 13.8. The van der Waals surface area contributed by atoms with Crippen LogP contribution >= 0.6 is 11.3 Å². The standard InChI is InChI=1S/C19H21N7OS/c1-10-24-25-18(28-10)15-5-2-11-9-21-17(8-16(11)22-15)23-19(27)26-13-3-4-14(26)7-12(20)6-13/h2,5,8-9,12-14H,3-4,6-7,20H2,1H3,(H,21,23,27)/t12?,13-,14+. The largest absolute Gasteiger partial charge is 0.328 e. The number of carbonyl (C=O) groups is 1. The lowest BCUT2D eigenvalue weighted by Gasteiger charge is -2.37. The number of piperidine rings is 1. The number of fused-ring (bicyclic) bond motifs is 3. The SMILES string of the molecule is Cc1nnc(-c2ccc3cnc(NC(=O)N4[C@@H]5CC[C@H]4CC(N)C5)cc3n2)s1. The Morgan fingerprint density at radius 3 is 2.75 bits per heavy atom. The third-order valence-electron chi connectivity index (χ3n) is 5.56. The Balaban J connectivity index is 1.39. The maximum Gasteiger partial charge on any atom is 0.323 e. The van der Waals surface area contributed by atoms with Gasteiger partial charge in [0.15, 0.2) is 5.01 Å². The summed E-state index contributed by atoms with van der Waals surface area (Å²) in [5.74, 6) is 0.505. The Morgan fingerprint density at radius 2 is 2.04 bits per heavy atom. The average Bonchev–Trinajstić information content (AvgIpc) is 3.22. The number of carbonyl (C=O) groups excluding carboxylic acids is 1. The molecule has 28 heavy (non-hydrogen) atoms. The lowest BCUT2D eigenvalue weighted by molar-refractivity contribution is 0.150. The second-order valence-electron chi connectivity index (χ2n) is 7.54. The van der Waals surface area contributed by atoms with Crippen molar-refractivity contribution >= 4 is 34.1 Å². The first-order chi connectivity index (χ1) is 13.6. The molecule has 2 bridgehead atoms. The van der Waals surface area contributed by atoms with Crippen molar-refractivity contribution in [1.82, 2.24) is 25.1 Å². The monoisotopic (exact) mass is 395 g/mol. The predicted molar refractivity (Wildman–Crippen MR) is 108 cm³/mol. The molecule has 8 nitrogen and oxygen atoms in total. The summed E-state index contributed by atoms with van der Waals surface area (Å²) in [6.07, 6.45) is 5.54. The van der Waals surface area contributed by atoms with Crippen LogP contribution in [-0.4, -0.2) is 49.2 Å². The van der Waals surface area contributed by atoms with E-state index in [0.717, 1.165) is 52.3 Å². The molecule has 0 saturated carbocycles. The van der Waals surface area contributed by atoms with Gasteiger partial charge in [0.25, 0.3) is 0 Å². The zero-order valence-electron chi connectivity index (χ0n) is 15.5. The van der Waals surface area contributed by atoms with Crippen LogP contribution < -0.4 is 11.1 Å². The number of nitrogens with two attached hydrogens (primary N) is 1. The molecular weight excluding hydrogens is 374 g/mol. The van der Waals surface area contributed by atoms with Crippen molar-refractivity contribution in [2.24, 2.45) is 5.73 Å². The minimum atomic E-state index is -0.0952. The van der Waals surface area contributed by atoms with Gasteiger partial charge in [0.2, 0.25) is 0 Å². The van der Waals surface area contributed by atoms with Gasteiger partial charge in [0.05, 0.1) is 5.52 Å². The van der Waals surface area contributed by atoms with Crippen molar-refractivity contribution in [2.75, 3.05) is 5.32 Å². The Morgan fingerprint density at radius 1 is 1.25 bits per heavy atom. The van der Waals surface area contributed by atoms with E-state index in [1.165, 1.54) is 11.3 Å². The molecule has 0 spiro atoms. The van der Waals surface area contributed by atoms with Gasteiger partial charge in [0.1, 0.15) is 16.5 Å². The van der Waals surface area contributed by atoms with E-state index in [-0.39, 0.29) is 24.2 Å². The van der Waals surface area contributed by atoms with Gasteiger partial charge in [-0.05, 0) is 44.7 Å². The van der Waals surface area contributed by atoms with Crippen LogP contribution in [0.2, 0.25) is 0 Å². The first-order valence-electron chi connectivity index (χ1n) is 9.49. The number of nitrogens with zero attached hydrogens (tertiary/aromatic N) is 5. The molecule has 0 aliphatic carbocycles. The van der Waals surface area contributed by atoms with E-state index in [1.807, 2.05) is 30.0 Å². The first kappa shape index (κ1) is 17.4. The number of anilines is 1. The van der Waals surface area contributed by atoms with Gasteiger partial charge in [-0.2, -0.15) is 0 Å². The number of amides is 2. The quantitative estimate of drug-likeness (QED) is 0.690. The number of rotatable bonds is 2. The highest BCUT2D eigenvalue weighted by Crippen LogP contribution is 2.35. The summed E-state index contributed by atoms with van der Waals surface area (Å²) < 4.78 is 0. The molecule has 5 heterocycles. The van der Waals surface area contributed by atoms with Crippen molar-refractivity contribution in [3.05, 3.63) is 29.4 Å². The van der Waals surface area contributed by atoms with Gasteiger partial charge >= 0.3 is 6.03 Å². The molecule has 2 aliphatic rings. The van der Waals surface area contributed by atoms with E-state index in [0.29, 0.717) is 5.82 Å². The van der Waals surface area contributed by atoms with Crippen molar-refractivity contribution < 1.29 is 4.79 Å². The summed E-state index contributed by atoms with van der Waals surface area (Å²) in [7, 11) is 0. The van der Waals surface area contributed by atoms with Crippen molar-refractivity contribution in [2.45, 2.75) is 50.7 Å². The van der Waals surface area contributed by atoms with Gasteiger partial charge < -0.3 is 10.6 Å². The van der Waals surface area contributed by atoms with Gasteiger partial charge in [-0.15, -0.1) is 10.2 Å². The third kappa shape index (κ3) is 3.10. The smallest absolute Gasteiger partial charge is 0.323 e. The normalized spacial score (nSPS) is 23.9. The van der Waals surface area contributed by atoms with Crippen molar-refractivity contribution in [3.8, 4) is 10.7 Å². The number of urea groups is 1. The highest BCUT2D eigenvalue weighted by molar-refractivity contribution is 7.14. The van der Waals surface area contributed by atoms with Crippen molar-refractivity contribution in [3.63, 3.8) is 0 Å². The van der Waals surface area contributed by atoms with Crippen molar-refractivity contribution in [1.29, 1.82) is 0 Å². The van der Waals surface area contributed by atoms with E-state index >= 15 is 0 Å².